The number of hydrogen-bond acceptors (Lipinski definition) is 6. The summed E-state index contributed by atoms with van der Waals surface area (Å²) in [5, 5.41) is 8.03. The van der Waals surface area contributed by atoms with Crippen LogP contribution in [0.5, 0.6) is 6.08 Å². The number of fused-ring (bicyclic) bond motifs is 2. The normalized spacial score (nSPS) is 11.2. The molecule has 4 aromatic rings. The Balaban J connectivity index is 1.61. The van der Waals surface area contributed by atoms with Crippen molar-refractivity contribution in [2.75, 3.05) is 11.9 Å². The monoisotopic (exact) mass is 351 g/mol. The van der Waals surface area contributed by atoms with E-state index in [2.05, 4.69) is 20.4 Å². The molecular weight excluding hydrogens is 334 g/mol. The van der Waals surface area contributed by atoms with Gasteiger partial charge in [-0.05, 0) is 38.1 Å². The zero-order valence-corrected chi connectivity index (χ0v) is 14.6. The minimum absolute atomic E-state index is 0.215. The molecule has 8 nitrogen and oxygen atoms in total. The van der Waals surface area contributed by atoms with Crippen LogP contribution in [0.3, 0.4) is 0 Å². The lowest BCUT2D eigenvalue weighted by Gasteiger charge is -2.05. The van der Waals surface area contributed by atoms with E-state index < -0.39 is 0 Å². The number of hydrogen-bond donors (Lipinski definition) is 1. The second-order valence-corrected chi connectivity index (χ2v) is 5.85. The number of amides is 1. The summed E-state index contributed by atoms with van der Waals surface area (Å²) >= 11 is 0. The van der Waals surface area contributed by atoms with Crippen molar-refractivity contribution >= 4 is 33.7 Å². The molecular formula is C18H17N5O3. The molecule has 4 rings (SSSR count). The Morgan fingerprint density at radius 1 is 1.35 bits per heavy atom. The number of nitrogens with zero attached hydrogens (tertiary/aromatic N) is 4. The molecule has 0 saturated carbocycles. The van der Waals surface area contributed by atoms with Crippen LogP contribution in [0.4, 0.5) is 5.69 Å². The van der Waals surface area contributed by atoms with E-state index in [4.69, 9.17) is 9.15 Å². The van der Waals surface area contributed by atoms with Crippen LogP contribution in [0, 0.1) is 6.92 Å². The fourth-order valence-electron chi connectivity index (χ4n) is 2.80. The van der Waals surface area contributed by atoms with Crippen LogP contribution in [-0.2, 0) is 7.05 Å². The third-order valence-electron chi connectivity index (χ3n) is 4.02. The number of nitrogens with one attached hydrogen (secondary N) is 1. The lowest BCUT2D eigenvalue weighted by Crippen LogP contribution is -2.12. The lowest BCUT2D eigenvalue weighted by molar-refractivity contribution is 0.102. The molecule has 26 heavy (non-hydrogen) atoms. The van der Waals surface area contributed by atoms with E-state index in [-0.39, 0.29) is 12.0 Å². The number of rotatable bonds is 4. The minimum atomic E-state index is -0.254. The van der Waals surface area contributed by atoms with Gasteiger partial charge in [0.2, 0.25) is 0 Å². The van der Waals surface area contributed by atoms with Crippen LogP contribution in [-0.4, -0.2) is 32.3 Å². The number of anilines is 1. The predicted octanol–water partition coefficient (Wildman–Crippen LogP) is 3.07. The fourth-order valence-corrected chi connectivity index (χ4v) is 2.80. The van der Waals surface area contributed by atoms with Gasteiger partial charge in [0.05, 0.1) is 17.9 Å². The molecule has 0 aliphatic rings. The molecule has 0 atom stereocenters. The second kappa shape index (κ2) is 6.14. The van der Waals surface area contributed by atoms with Gasteiger partial charge in [0, 0.05) is 24.3 Å². The van der Waals surface area contributed by atoms with Gasteiger partial charge in [-0.2, -0.15) is 10.1 Å². The van der Waals surface area contributed by atoms with Crippen molar-refractivity contribution in [1.29, 1.82) is 0 Å². The number of aryl methyl sites for hydroxylation is 2. The van der Waals surface area contributed by atoms with E-state index in [9.17, 15) is 4.79 Å². The molecule has 0 bridgehead atoms. The Morgan fingerprint density at radius 2 is 2.19 bits per heavy atom. The van der Waals surface area contributed by atoms with Crippen LogP contribution in [0.25, 0.3) is 22.1 Å². The predicted molar refractivity (Wildman–Crippen MR) is 96.4 cm³/mol. The van der Waals surface area contributed by atoms with Gasteiger partial charge in [0.25, 0.3) is 5.91 Å². The van der Waals surface area contributed by atoms with Crippen molar-refractivity contribution in [3.63, 3.8) is 0 Å². The molecule has 1 amide bonds. The van der Waals surface area contributed by atoms with Gasteiger partial charge in [0.15, 0.2) is 11.2 Å². The van der Waals surface area contributed by atoms with E-state index in [1.165, 1.54) is 0 Å². The largest absolute Gasteiger partial charge is 0.450 e. The first-order valence-electron chi connectivity index (χ1n) is 8.19. The Bertz CT molecular complexity index is 1130. The summed E-state index contributed by atoms with van der Waals surface area (Å²) in [4.78, 5) is 21.1. The highest BCUT2D eigenvalue weighted by molar-refractivity contribution is 6.06. The first-order chi connectivity index (χ1) is 12.5. The van der Waals surface area contributed by atoms with Crippen LogP contribution in [0.1, 0.15) is 23.0 Å². The van der Waals surface area contributed by atoms with Crippen molar-refractivity contribution in [1.82, 2.24) is 19.7 Å². The number of carbonyl (C=O) groups is 1. The fraction of sp³-hybridized carbons (Fsp3) is 0.222. The Hall–Kier alpha value is -3.42. The summed E-state index contributed by atoms with van der Waals surface area (Å²) < 4.78 is 12.4. The van der Waals surface area contributed by atoms with E-state index in [0.717, 1.165) is 16.7 Å². The van der Waals surface area contributed by atoms with Gasteiger partial charge in [-0.3, -0.25) is 9.48 Å². The summed E-state index contributed by atoms with van der Waals surface area (Å²) in [6.45, 7) is 4.22. The number of pyridine rings is 1. The highest BCUT2D eigenvalue weighted by atomic mass is 16.6. The number of ether oxygens (including phenoxy) is 1. The van der Waals surface area contributed by atoms with Crippen molar-refractivity contribution in [3.8, 4) is 6.08 Å². The van der Waals surface area contributed by atoms with Crippen LogP contribution >= 0.6 is 0 Å². The maximum Gasteiger partial charge on any atom is 0.394 e. The standard InChI is InChI=1S/C18H17N5O3/c1-4-25-18-21-14-8-12(5-6-15(14)26-18)20-17(24)11-7-13-10(2)22-23(3)16(13)19-9-11/h5-9H,4H2,1-3H3,(H,20,24). The van der Waals surface area contributed by atoms with Crippen molar-refractivity contribution < 1.29 is 13.9 Å². The summed E-state index contributed by atoms with van der Waals surface area (Å²) in [5.41, 5.74) is 3.86. The van der Waals surface area contributed by atoms with E-state index in [1.54, 1.807) is 35.1 Å². The van der Waals surface area contributed by atoms with Crippen LogP contribution in [0.2, 0.25) is 0 Å². The molecule has 0 aliphatic carbocycles. The molecule has 3 heterocycles. The van der Waals surface area contributed by atoms with Gasteiger partial charge < -0.3 is 14.5 Å². The Kier molecular flexibility index (Phi) is 3.80. The molecule has 0 fully saturated rings. The van der Waals surface area contributed by atoms with Crippen LogP contribution < -0.4 is 10.1 Å². The van der Waals surface area contributed by atoms with Gasteiger partial charge in [-0.25, -0.2) is 4.98 Å². The number of aromatic nitrogens is 4. The minimum Gasteiger partial charge on any atom is -0.450 e. The molecule has 1 aromatic carbocycles. The summed E-state index contributed by atoms with van der Waals surface area (Å²) in [6.07, 6.45) is 1.76. The zero-order valence-electron chi connectivity index (χ0n) is 14.6. The third-order valence-corrected chi connectivity index (χ3v) is 4.02. The zero-order chi connectivity index (χ0) is 18.3. The molecule has 0 unspecified atom stereocenters. The number of oxazole rings is 1. The maximum absolute atomic E-state index is 12.6. The summed E-state index contributed by atoms with van der Waals surface area (Å²) in [5.74, 6) is -0.254. The molecule has 0 aliphatic heterocycles. The molecule has 3 aromatic heterocycles. The lowest BCUT2D eigenvalue weighted by atomic mass is 10.2. The summed E-state index contributed by atoms with van der Waals surface area (Å²) in [6, 6.07) is 7.03. The summed E-state index contributed by atoms with van der Waals surface area (Å²) in [7, 11) is 1.83. The van der Waals surface area contributed by atoms with E-state index in [1.807, 2.05) is 20.9 Å². The first kappa shape index (κ1) is 16.1. The maximum atomic E-state index is 12.6. The van der Waals surface area contributed by atoms with Gasteiger partial charge in [-0.15, -0.1) is 0 Å². The van der Waals surface area contributed by atoms with Gasteiger partial charge in [-0.1, -0.05) is 0 Å². The number of benzene rings is 1. The average molecular weight is 351 g/mol. The highest BCUT2D eigenvalue weighted by Gasteiger charge is 2.13. The molecule has 0 radical (unpaired) electrons. The van der Waals surface area contributed by atoms with E-state index >= 15 is 0 Å². The third kappa shape index (κ3) is 2.75. The second-order valence-electron chi connectivity index (χ2n) is 5.85. The molecule has 1 N–H and O–H groups in total. The quantitative estimate of drug-likeness (QED) is 0.607. The van der Waals surface area contributed by atoms with Gasteiger partial charge in [0.1, 0.15) is 5.52 Å². The number of carbonyl (C=O) groups excluding carboxylic acids is 1. The molecule has 8 heteroatoms. The SMILES string of the molecule is CCOc1nc2cc(NC(=O)c3cnc4c(c3)c(C)nn4C)ccc2o1. The van der Waals surface area contributed by atoms with E-state index in [0.29, 0.717) is 29.0 Å². The first-order valence-corrected chi connectivity index (χ1v) is 8.19. The smallest absolute Gasteiger partial charge is 0.394 e. The average Bonchev–Trinajstić information content (AvgIpc) is 3.15. The van der Waals surface area contributed by atoms with Crippen molar-refractivity contribution in [2.45, 2.75) is 13.8 Å². The van der Waals surface area contributed by atoms with Gasteiger partial charge >= 0.3 is 6.08 Å². The molecule has 0 spiro atoms. The topological polar surface area (TPSA) is 95.1 Å². The Morgan fingerprint density at radius 3 is 3.00 bits per heavy atom. The van der Waals surface area contributed by atoms with Crippen molar-refractivity contribution in [2.24, 2.45) is 7.05 Å². The molecule has 132 valence electrons. The van der Waals surface area contributed by atoms with Crippen LogP contribution in [0.15, 0.2) is 34.9 Å². The highest BCUT2D eigenvalue weighted by Crippen LogP contribution is 2.24. The molecule has 0 saturated heterocycles. The van der Waals surface area contributed by atoms with Crippen molar-refractivity contribution in [3.05, 3.63) is 41.7 Å². The Labute approximate surface area is 148 Å².